The zero-order valence-corrected chi connectivity index (χ0v) is 21.3. The molecule has 3 heterocycles. The molecule has 39 heavy (non-hydrogen) atoms. The number of primary amides is 1. The van der Waals surface area contributed by atoms with Crippen LogP contribution in [0.2, 0.25) is 0 Å². The van der Waals surface area contributed by atoms with Crippen molar-refractivity contribution in [2.24, 2.45) is 5.73 Å². The number of carbonyl (C=O) groups excluding carboxylic acids is 2. The Hall–Kier alpha value is -4.41. The van der Waals surface area contributed by atoms with E-state index in [2.05, 4.69) is 0 Å². The summed E-state index contributed by atoms with van der Waals surface area (Å²) in [6, 6.07) is 7.38. The number of cyclic esters (lactones) is 1. The summed E-state index contributed by atoms with van der Waals surface area (Å²) >= 11 is 0. The number of rotatable bonds is 5. The summed E-state index contributed by atoms with van der Waals surface area (Å²) in [5, 5.41) is 9.67. The van der Waals surface area contributed by atoms with Crippen molar-refractivity contribution in [3.05, 3.63) is 68.8 Å². The van der Waals surface area contributed by atoms with Gasteiger partial charge in [0.2, 0.25) is 5.43 Å². The van der Waals surface area contributed by atoms with Gasteiger partial charge in [-0.05, 0) is 61.9 Å². The average Bonchev–Trinajstić information content (AvgIpc) is 3.69. The van der Waals surface area contributed by atoms with E-state index in [-0.39, 0.29) is 29.1 Å². The lowest BCUT2D eigenvalue weighted by Crippen LogP contribution is -2.32. The number of nitrogens with two attached hydrogens (primary N) is 1. The number of hydrogen-bond donors (Lipinski definition) is 2. The van der Waals surface area contributed by atoms with Gasteiger partial charge in [0.15, 0.2) is 6.10 Å². The zero-order chi connectivity index (χ0) is 27.6. The number of anilines is 2. The summed E-state index contributed by atoms with van der Waals surface area (Å²) in [5.41, 5.74) is 8.00. The number of fused-ring (bicyclic) bond motifs is 2. The molecule has 6 rings (SSSR count). The van der Waals surface area contributed by atoms with Crippen LogP contribution >= 0.6 is 0 Å². The maximum absolute atomic E-state index is 15.8. The molecule has 1 aliphatic carbocycles. The maximum Gasteiger partial charge on any atom is 0.415 e. The molecule has 1 saturated heterocycles. The minimum absolute atomic E-state index is 0.0486. The van der Waals surface area contributed by atoms with Gasteiger partial charge >= 0.3 is 12.1 Å². The van der Waals surface area contributed by atoms with Gasteiger partial charge in [-0.3, -0.25) is 14.5 Å². The molecule has 202 valence electrons. The fourth-order valence-corrected chi connectivity index (χ4v) is 5.63. The highest BCUT2D eigenvalue weighted by atomic mass is 19.1. The minimum atomic E-state index is -1.32. The summed E-state index contributed by atoms with van der Waals surface area (Å²) in [7, 11) is 0. The molecule has 1 aromatic heterocycles. The number of carboxylic acid groups (broad SMARTS) is 1. The predicted octanol–water partition coefficient (Wildman–Crippen LogP) is 2.90. The topological polar surface area (TPSA) is 135 Å². The van der Waals surface area contributed by atoms with Crippen LogP contribution in [0.1, 0.15) is 45.9 Å². The Labute approximate surface area is 222 Å². The molecule has 10 nitrogen and oxygen atoms in total. The number of nitrogens with zero attached hydrogens (tertiary/aromatic N) is 3. The number of halogens is 1. The maximum atomic E-state index is 15.8. The molecule has 11 heteroatoms. The van der Waals surface area contributed by atoms with Crippen molar-refractivity contribution in [1.82, 2.24) is 4.57 Å². The number of aromatic carboxylic acids is 1. The Bertz CT molecular complexity index is 1630. The molecule has 3 aliphatic rings. The number of carbonyl (C=O) groups is 3. The van der Waals surface area contributed by atoms with E-state index in [4.69, 9.17) is 10.5 Å². The van der Waals surface area contributed by atoms with Crippen LogP contribution in [0.5, 0.6) is 0 Å². The third kappa shape index (κ3) is 4.18. The second kappa shape index (κ2) is 9.11. The summed E-state index contributed by atoms with van der Waals surface area (Å²) < 4.78 is 22.7. The van der Waals surface area contributed by atoms with E-state index in [0.29, 0.717) is 42.8 Å². The molecular formula is C28H27FN4O6. The van der Waals surface area contributed by atoms with E-state index in [1.807, 2.05) is 21.6 Å². The molecule has 0 radical (unpaired) electrons. The highest BCUT2D eigenvalue weighted by Crippen LogP contribution is 2.39. The van der Waals surface area contributed by atoms with Gasteiger partial charge in [0, 0.05) is 36.6 Å². The lowest BCUT2D eigenvalue weighted by Gasteiger charge is -2.25. The third-order valence-corrected chi connectivity index (χ3v) is 7.92. The largest absolute Gasteiger partial charge is 0.477 e. The minimum Gasteiger partial charge on any atom is -0.477 e. The molecule has 2 amide bonds. The number of aryl methyl sites for hydroxylation is 1. The van der Waals surface area contributed by atoms with E-state index in [1.54, 1.807) is 12.1 Å². The summed E-state index contributed by atoms with van der Waals surface area (Å²) in [5.74, 6) is -2.55. The third-order valence-electron chi connectivity index (χ3n) is 7.92. The highest BCUT2D eigenvalue weighted by Gasteiger charge is 2.36. The monoisotopic (exact) mass is 534 g/mol. The molecule has 2 fully saturated rings. The smallest absolute Gasteiger partial charge is 0.415 e. The van der Waals surface area contributed by atoms with Gasteiger partial charge in [0.05, 0.1) is 23.1 Å². The van der Waals surface area contributed by atoms with Crippen molar-refractivity contribution in [3.8, 4) is 0 Å². The van der Waals surface area contributed by atoms with E-state index >= 15 is 4.39 Å². The first kappa shape index (κ1) is 24.9. The number of hydrogen-bond acceptors (Lipinski definition) is 6. The fraction of sp³-hybridized carbons (Fsp3) is 0.357. The summed E-state index contributed by atoms with van der Waals surface area (Å²) in [4.78, 5) is 51.8. The molecule has 0 bridgehead atoms. The Morgan fingerprint density at radius 2 is 1.82 bits per heavy atom. The number of amides is 2. The summed E-state index contributed by atoms with van der Waals surface area (Å²) in [6.07, 6.45) is 2.71. The first-order valence-electron chi connectivity index (χ1n) is 12.9. The predicted molar refractivity (Wildman–Crippen MR) is 141 cm³/mol. The average molecular weight is 535 g/mol. The van der Waals surface area contributed by atoms with E-state index < -0.39 is 35.3 Å². The molecular weight excluding hydrogens is 507 g/mol. The van der Waals surface area contributed by atoms with Crippen LogP contribution in [-0.2, 0) is 22.4 Å². The Morgan fingerprint density at radius 3 is 2.46 bits per heavy atom. The van der Waals surface area contributed by atoms with Crippen LogP contribution in [0.15, 0.2) is 35.3 Å². The Morgan fingerprint density at radius 1 is 1.10 bits per heavy atom. The number of benzene rings is 2. The fourth-order valence-electron chi connectivity index (χ4n) is 5.63. The van der Waals surface area contributed by atoms with Crippen LogP contribution in [0.4, 0.5) is 20.6 Å². The summed E-state index contributed by atoms with van der Waals surface area (Å²) in [6.45, 7) is 2.60. The number of aromatic nitrogens is 1. The van der Waals surface area contributed by atoms with Crippen LogP contribution in [0.3, 0.4) is 0 Å². The van der Waals surface area contributed by atoms with Gasteiger partial charge in [0.25, 0.3) is 5.91 Å². The second-order valence-electron chi connectivity index (χ2n) is 10.4. The molecule has 2 aromatic carbocycles. The van der Waals surface area contributed by atoms with Crippen molar-refractivity contribution in [2.75, 3.05) is 29.4 Å². The van der Waals surface area contributed by atoms with Crippen molar-refractivity contribution >= 4 is 40.2 Å². The SMILES string of the molecule is Cc1c(F)c(N2CCc3ccc(N4C[C@H](C(N)=O)OC4=O)cc3CC2)cc2c1c(=O)c(C(=O)O)cn2C1CC1. The highest BCUT2D eigenvalue weighted by molar-refractivity contribution is 5.96. The van der Waals surface area contributed by atoms with Crippen LogP contribution in [0, 0.1) is 12.7 Å². The first-order chi connectivity index (χ1) is 18.6. The van der Waals surface area contributed by atoms with E-state index in [9.17, 15) is 24.3 Å². The second-order valence-corrected chi connectivity index (χ2v) is 10.4. The molecule has 3 aromatic rings. The Balaban J connectivity index is 1.34. The number of pyridine rings is 1. The van der Waals surface area contributed by atoms with Gasteiger partial charge in [-0.25, -0.2) is 14.0 Å². The molecule has 1 atom stereocenters. The normalized spacial score (nSPS) is 19.1. The van der Waals surface area contributed by atoms with Gasteiger partial charge in [-0.1, -0.05) is 6.07 Å². The van der Waals surface area contributed by atoms with Crippen LogP contribution < -0.4 is 21.0 Å². The van der Waals surface area contributed by atoms with Crippen LogP contribution in [0.25, 0.3) is 10.9 Å². The van der Waals surface area contributed by atoms with E-state index in [0.717, 1.165) is 24.0 Å². The molecule has 0 unspecified atom stereocenters. The van der Waals surface area contributed by atoms with Crippen molar-refractivity contribution < 1.29 is 28.6 Å². The van der Waals surface area contributed by atoms with Gasteiger partial charge in [-0.15, -0.1) is 0 Å². The molecule has 0 spiro atoms. The van der Waals surface area contributed by atoms with Crippen molar-refractivity contribution in [1.29, 1.82) is 0 Å². The standard InChI is InChI=1S/C28H27FN4O6/c1-14-23-20(32(17-4-5-17)12-19(25(23)34)27(36)37)11-21(24(14)29)31-8-6-15-2-3-18(10-16(15)7-9-31)33-13-22(26(30)35)39-28(33)38/h2-3,10-12,17,22H,4-9,13H2,1H3,(H2,30,35)(H,36,37)/t22-/m1/s1. The number of carboxylic acids is 1. The lowest BCUT2D eigenvalue weighted by atomic mass is 10.0. The number of ether oxygens (including phenoxy) is 1. The lowest BCUT2D eigenvalue weighted by molar-refractivity contribution is -0.124. The zero-order valence-electron chi connectivity index (χ0n) is 21.3. The molecule has 2 aliphatic heterocycles. The van der Waals surface area contributed by atoms with E-state index in [1.165, 1.54) is 18.0 Å². The van der Waals surface area contributed by atoms with Crippen LogP contribution in [-0.4, -0.2) is 53.4 Å². The van der Waals surface area contributed by atoms with Crippen molar-refractivity contribution in [3.63, 3.8) is 0 Å². The quantitative estimate of drug-likeness (QED) is 0.514. The molecule has 1 saturated carbocycles. The van der Waals surface area contributed by atoms with Gasteiger partial charge in [-0.2, -0.15) is 0 Å². The van der Waals surface area contributed by atoms with Gasteiger partial charge in [0.1, 0.15) is 11.4 Å². The van der Waals surface area contributed by atoms with Crippen molar-refractivity contribution in [2.45, 2.75) is 44.8 Å². The Kier molecular flexibility index (Phi) is 5.81. The first-order valence-corrected chi connectivity index (χ1v) is 12.9. The molecule has 3 N–H and O–H groups in total. The van der Waals surface area contributed by atoms with Gasteiger partial charge < -0.3 is 25.0 Å².